The molecule has 5 nitrogen and oxygen atoms in total. The molecule has 1 aromatic carbocycles. The van der Waals surface area contributed by atoms with Gasteiger partial charge in [0.15, 0.2) is 5.69 Å². The zero-order valence-electron chi connectivity index (χ0n) is 12.3. The summed E-state index contributed by atoms with van der Waals surface area (Å²) in [4.78, 5) is 16.9. The second kappa shape index (κ2) is 7.82. The van der Waals surface area contributed by atoms with Crippen LogP contribution in [0.2, 0.25) is 0 Å². The molecule has 1 aromatic heterocycles. The minimum Gasteiger partial charge on any atom is -0.397 e. The van der Waals surface area contributed by atoms with E-state index in [0.29, 0.717) is 5.69 Å². The van der Waals surface area contributed by atoms with Crippen LogP contribution in [0.25, 0.3) is 0 Å². The average Bonchev–Trinajstić information content (AvgIpc) is 2.51. The van der Waals surface area contributed by atoms with Crippen molar-refractivity contribution >= 4 is 23.4 Å². The Kier molecular flexibility index (Phi) is 5.80. The van der Waals surface area contributed by atoms with Gasteiger partial charge in [-0.05, 0) is 18.6 Å². The Morgan fingerprint density at radius 3 is 2.77 bits per heavy atom. The lowest BCUT2D eigenvalue weighted by Crippen LogP contribution is -2.31. The number of anilines is 1. The molecule has 2 rings (SSSR count). The Hall–Kier alpha value is -2.05. The van der Waals surface area contributed by atoms with E-state index in [0.717, 1.165) is 10.6 Å². The number of rotatable bonds is 6. The molecule has 0 radical (unpaired) electrons. The van der Waals surface area contributed by atoms with E-state index >= 15 is 0 Å². The predicted molar refractivity (Wildman–Crippen MR) is 88.7 cm³/mol. The lowest BCUT2D eigenvalue weighted by molar-refractivity contribution is 0.0920. The van der Waals surface area contributed by atoms with Crippen molar-refractivity contribution in [2.24, 2.45) is 0 Å². The molecule has 1 amide bonds. The maximum atomic E-state index is 11.9. The first kappa shape index (κ1) is 16.3. The number of nitrogen functional groups attached to an aromatic ring is 1. The number of pyridine rings is 1. The van der Waals surface area contributed by atoms with E-state index in [2.05, 4.69) is 22.4 Å². The summed E-state index contributed by atoms with van der Waals surface area (Å²) in [5, 5.41) is 11.7. The standard InChI is InChI=1S/C16H19N3O2S/c1-11(20)8-19-16(21)15-14(17)7-13(9-18-15)22-10-12-5-3-2-4-6-12/h2-7,9,11,20H,8,10,17H2,1H3,(H,19,21)/t11-/m0/s1. The van der Waals surface area contributed by atoms with Crippen LogP contribution in [0.1, 0.15) is 23.0 Å². The normalized spacial score (nSPS) is 11.9. The number of nitrogens with zero attached hydrogens (tertiary/aromatic N) is 1. The van der Waals surface area contributed by atoms with E-state index < -0.39 is 6.10 Å². The van der Waals surface area contributed by atoms with Crippen molar-refractivity contribution in [3.05, 3.63) is 53.9 Å². The zero-order valence-corrected chi connectivity index (χ0v) is 13.1. The molecule has 0 fully saturated rings. The van der Waals surface area contributed by atoms with Crippen molar-refractivity contribution in [2.75, 3.05) is 12.3 Å². The molecule has 0 aliphatic rings. The van der Waals surface area contributed by atoms with Gasteiger partial charge in [0, 0.05) is 23.4 Å². The third-order valence-corrected chi connectivity index (χ3v) is 3.95. The molecule has 0 aliphatic carbocycles. The smallest absolute Gasteiger partial charge is 0.272 e. The molecule has 6 heteroatoms. The summed E-state index contributed by atoms with van der Waals surface area (Å²) in [5.74, 6) is 0.438. The molecule has 0 unspecified atom stereocenters. The minimum absolute atomic E-state index is 0.171. The fourth-order valence-corrected chi connectivity index (χ4v) is 2.66. The number of nitrogens with one attached hydrogen (secondary N) is 1. The van der Waals surface area contributed by atoms with Gasteiger partial charge in [0.05, 0.1) is 11.8 Å². The van der Waals surface area contributed by atoms with Gasteiger partial charge < -0.3 is 16.2 Å². The molecule has 4 N–H and O–H groups in total. The monoisotopic (exact) mass is 317 g/mol. The fraction of sp³-hybridized carbons (Fsp3) is 0.250. The van der Waals surface area contributed by atoms with Crippen LogP contribution in [-0.2, 0) is 5.75 Å². The first-order valence-electron chi connectivity index (χ1n) is 6.95. The van der Waals surface area contributed by atoms with Crippen molar-refractivity contribution in [3.8, 4) is 0 Å². The van der Waals surface area contributed by atoms with Crippen molar-refractivity contribution in [1.82, 2.24) is 10.3 Å². The number of carbonyl (C=O) groups is 1. The Morgan fingerprint density at radius 2 is 2.14 bits per heavy atom. The highest BCUT2D eigenvalue weighted by Gasteiger charge is 2.12. The topological polar surface area (TPSA) is 88.2 Å². The third-order valence-electron chi connectivity index (χ3n) is 2.91. The van der Waals surface area contributed by atoms with E-state index in [1.807, 2.05) is 18.2 Å². The second-order valence-corrected chi connectivity index (χ2v) is 5.99. The molecular weight excluding hydrogens is 298 g/mol. The van der Waals surface area contributed by atoms with E-state index in [1.54, 1.807) is 30.9 Å². The van der Waals surface area contributed by atoms with Crippen molar-refractivity contribution in [2.45, 2.75) is 23.7 Å². The number of nitrogens with two attached hydrogens (primary N) is 1. The van der Waals surface area contributed by atoms with Gasteiger partial charge in [-0.2, -0.15) is 0 Å². The van der Waals surface area contributed by atoms with Gasteiger partial charge in [-0.3, -0.25) is 4.79 Å². The number of aliphatic hydroxyl groups is 1. The van der Waals surface area contributed by atoms with E-state index in [-0.39, 0.29) is 18.1 Å². The number of aromatic nitrogens is 1. The van der Waals surface area contributed by atoms with Gasteiger partial charge >= 0.3 is 0 Å². The van der Waals surface area contributed by atoms with Gasteiger partial charge in [-0.1, -0.05) is 30.3 Å². The minimum atomic E-state index is -0.606. The average molecular weight is 317 g/mol. The molecule has 0 aliphatic heterocycles. The molecule has 1 atom stereocenters. The number of aliphatic hydroxyl groups excluding tert-OH is 1. The summed E-state index contributed by atoms with van der Waals surface area (Å²) in [6.07, 6.45) is 1.03. The Labute approximate surface area is 134 Å². The third kappa shape index (κ3) is 4.75. The highest BCUT2D eigenvalue weighted by Crippen LogP contribution is 2.24. The van der Waals surface area contributed by atoms with Crippen LogP contribution >= 0.6 is 11.8 Å². The van der Waals surface area contributed by atoms with Gasteiger partial charge in [-0.15, -0.1) is 11.8 Å². The fourth-order valence-electron chi connectivity index (χ4n) is 1.80. The summed E-state index contributed by atoms with van der Waals surface area (Å²) in [7, 11) is 0. The molecular formula is C16H19N3O2S. The summed E-state index contributed by atoms with van der Waals surface area (Å²) in [6, 6.07) is 11.8. The van der Waals surface area contributed by atoms with Crippen molar-refractivity contribution < 1.29 is 9.90 Å². The highest BCUT2D eigenvalue weighted by molar-refractivity contribution is 7.98. The number of hydrogen-bond acceptors (Lipinski definition) is 5. The Bertz CT molecular complexity index is 633. The summed E-state index contributed by atoms with van der Waals surface area (Å²) in [6.45, 7) is 1.77. The first-order chi connectivity index (χ1) is 10.6. The number of amides is 1. The van der Waals surface area contributed by atoms with Gasteiger partial charge in [0.2, 0.25) is 0 Å². The second-order valence-electron chi connectivity index (χ2n) is 4.94. The maximum absolute atomic E-state index is 11.9. The molecule has 0 saturated heterocycles. The van der Waals surface area contributed by atoms with Gasteiger partial charge in [0.1, 0.15) is 0 Å². The van der Waals surface area contributed by atoms with Crippen LogP contribution < -0.4 is 11.1 Å². The van der Waals surface area contributed by atoms with E-state index in [1.165, 1.54) is 5.56 Å². The Balaban J connectivity index is 1.98. The number of hydrogen-bond donors (Lipinski definition) is 3. The van der Waals surface area contributed by atoms with E-state index in [9.17, 15) is 9.90 Å². The molecule has 0 saturated carbocycles. The van der Waals surface area contributed by atoms with Crippen LogP contribution in [-0.4, -0.2) is 28.6 Å². The number of carbonyl (C=O) groups excluding carboxylic acids is 1. The van der Waals surface area contributed by atoms with Crippen LogP contribution in [0.15, 0.2) is 47.5 Å². The van der Waals surface area contributed by atoms with Crippen LogP contribution in [0.5, 0.6) is 0 Å². The first-order valence-corrected chi connectivity index (χ1v) is 7.93. The summed E-state index contributed by atoms with van der Waals surface area (Å²) >= 11 is 1.61. The molecule has 1 heterocycles. The van der Waals surface area contributed by atoms with Crippen LogP contribution in [0.3, 0.4) is 0 Å². The lowest BCUT2D eigenvalue weighted by Gasteiger charge is -2.09. The highest BCUT2D eigenvalue weighted by atomic mass is 32.2. The van der Waals surface area contributed by atoms with E-state index in [4.69, 9.17) is 5.73 Å². The van der Waals surface area contributed by atoms with Crippen molar-refractivity contribution in [3.63, 3.8) is 0 Å². The van der Waals surface area contributed by atoms with Crippen molar-refractivity contribution in [1.29, 1.82) is 0 Å². The molecule has 0 bridgehead atoms. The molecule has 2 aromatic rings. The lowest BCUT2D eigenvalue weighted by atomic mass is 10.2. The predicted octanol–water partition coefficient (Wildman–Crippen LogP) is 2.07. The molecule has 116 valence electrons. The van der Waals surface area contributed by atoms with Gasteiger partial charge in [0.25, 0.3) is 5.91 Å². The zero-order chi connectivity index (χ0) is 15.9. The summed E-state index contributed by atoms with van der Waals surface area (Å²) in [5.41, 5.74) is 7.63. The largest absolute Gasteiger partial charge is 0.397 e. The maximum Gasteiger partial charge on any atom is 0.272 e. The summed E-state index contributed by atoms with van der Waals surface area (Å²) < 4.78 is 0. The van der Waals surface area contributed by atoms with Gasteiger partial charge in [-0.25, -0.2) is 4.98 Å². The molecule has 0 spiro atoms. The van der Waals surface area contributed by atoms with Crippen LogP contribution in [0, 0.1) is 0 Å². The molecule has 22 heavy (non-hydrogen) atoms. The number of benzene rings is 1. The Morgan fingerprint density at radius 1 is 1.41 bits per heavy atom. The van der Waals surface area contributed by atoms with Crippen LogP contribution in [0.4, 0.5) is 5.69 Å². The number of thioether (sulfide) groups is 1. The SMILES string of the molecule is C[C@H](O)CNC(=O)c1ncc(SCc2ccccc2)cc1N. The quantitative estimate of drug-likeness (QED) is 0.710.